The Morgan fingerprint density at radius 1 is 1.47 bits per heavy atom. The molecule has 84 valence electrons. The zero-order valence-corrected chi connectivity index (χ0v) is 8.90. The number of nitrogens with zero attached hydrogens (tertiary/aromatic N) is 2. The number of carbonyl (C=O) groups is 2. The van der Waals surface area contributed by atoms with Crippen LogP contribution in [0.5, 0.6) is 0 Å². The second-order valence-corrected chi connectivity index (χ2v) is 3.51. The number of likely N-dealkylation sites (tertiary alicyclic amines) is 1. The average Bonchev–Trinajstić information content (AvgIpc) is 2.62. The number of hydrogen-bond donors (Lipinski definition) is 1. The molecule has 2 N–H and O–H groups in total. The quantitative estimate of drug-likeness (QED) is 0.299. The first-order valence-corrected chi connectivity index (χ1v) is 4.80. The third-order valence-corrected chi connectivity index (χ3v) is 2.21. The van der Waals surface area contributed by atoms with Crippen molar-refractivity contribution in [2.45, 2.75) is 32.7 Å². The van der Waals surface area contributed by atoms with E-state index in [1.165, 1.54) is 18.7 Å². The van der Waals surface area contributed by atoms with Crippen molar-refractivity contribution in [1.29, 1.82) is 0 Å². The lowest BCUT2D eigenvalue weighted by Gasteiger charge is -2.19. The third-order valence-electron chi connectivity index (χ3n) is 2.21. The lowest BCUT2D eigenvalue weighted by atomic mass is 10.2. The monoisotopic (exact) mass is 213 g/mol. The summed E-state index contributed by atoms with van der Waals surface area (Å²) < 4.78 is 0. The summed E-state index contributed by atoms with van der Waals surface area (Å²) in [6.07, 6.45) is 1.43. The average molecular weight is 213 g/mol. The number of rotatable bonds is 2. The van der Waals surface area contributed by atoms with Gasteiger partial charge in [0, 0.05) is 13.5 Å². The van der Waals surface area contributed by atoms with E-state index in [1.807, 2.05) is 0 Å². The molecule has 0 aromatic heterocycles. The summed E-state index contributed by atoms with van der Waals surface area (Å²) >= 11 is 0. The number of amidine groups is 1. The van der Waals surface area contributed by atoms with E-state index in [9.17, 15) is 9.59 Å². The van der Waals surface area contributed by atoms with Crippen molar-refractivity contribution in [3.05, 3.63) is 0 Å². The van der Waals surface area contributed by atoms with E-state index in [0.717, 1.165) is 6.42 Å². The van der Waals surface area contributed by atoms with E-state index >= 15 is 0 Å². The summed E-state index contributed by atoms with van der Waals surface area (Å²) in [6.45, 7) is 3.55. The summed E-state index contributed by atoms with van der Waals surface area (Å²) in [6, 6.07) is -0.509. The maximum absolute atomic E-state index is 11.5. The molecule has 0 aromatic carbocycles. The van der Waals surface area contributed by atoms with Gasteiger partial charge in [0.15, 0.2) is 0 Å². The smallest absolute Gasteiger partial charge is 0.357 e. The van der Waals surface area contributed by atoms with Crippen molar-refractivity contribution in [3.8, 4) is 0 Å². The van der Waals surface area contributed by atoms with E-state index < -0.39 is 12.0 Å². The van der Waals surface area contributed by atoms with Crippen LogP contribution in [-0.4, -0.2) is 35.2 Å². The molecule has 1 saturated heterocycles. The van der Waals surface area contributed by atoms with E-state index in [1.54, 1.807) is 0 Å². The van der Waals surface area contributed by atoms with Gasteiger partial charge < -0.3 is 15.5 Å². The molecule has 1 atom stereocenters. The minimum absolute atomic E-state index is 0.122. The van der Waals surface area contributed by atoms with E-state index in [2.05, 4.69) is 9.99 Å². The Morgan fingerprint density at radius 2 is 2.13 bits per heavy atom. The van der Waals surface area contributed by atoms with Crippen LogP contribution in [0, 0.1) is 0 Å². The van der Waals surface area contributed by atoms with E-state index in [-0.39, 0.29) is 11.7 Å². The second-order valence-electron chi connectivity index (χ2n) is 3.51. The minimum atomic E-state index is -0.521. The predicted molar refractivity (Wildman–Crippen MR) is 53.8 cm³/mol. The molecule has 0 unspecified atom stereocenters. The molecule has 1 aliphatic heterocycles. The molecular formula is C9H15N3O3. The molecule has 0 aromatic rings. The summed E-state index contributed by atoms with van der Waals surface area (Å²) in [5, 5.41) is 3.37. The summed E-state index contributed by atoms with van der Waals surface area (Å²) in [4.78, 5) is 28.7. The molecule has 6 nitrogen and oxygen atoms in total. The highest BCUT2D eigenvalue weighted by Gasteiger charge is 2.33. The molecule has 1 heterocycles. The number of amides is 1. The van der Waals surface area contributed by atoms with Gasteiger partial charge in [-0.2, -0.15) is 0 Å². The summed E-state index contributed by atoms with van der Waals surface area (Å²) in [7, 11) is 0. The van der Waals surface area contributed by atoms with Gasteiger partial charge in [0.25, 0.3) is 0 Å². The molecule has 1 amide bonds. The molecule has 1 fully saturated rings. The largest absolute Gasteiger partial charge is 0.385 e. The van der Waals surface area contributed by atoms with Crippen LogP contribution in [0.1, 0.15) is 26.7 Å². The first-order valence-electron chi connectivity index (χ1n) is 4.80. The summed E-state index contributed by atoms with van der Waals surface area (Å²) in [5.74, 6) is -0.467. The maximum Gasteiger partial charge on any atom is 0.357 e. The SMILES string of the molecule is CC(=O)N1CCC[C@H]1C(=O)ON=C(C)N. The van der Waals surface area contributed by atoms with Crippen LogP contribution < -0.4 is 5.73 Å². The molecule has 0 saturated carbocycles. The lowest BCUT2D eigenvalue weighted by Crippen LogP contribution is -2.39. The van der Waals surface area contributed by atoms with Gasteiger partial charge in [-0.05, 0) is 19.8 Å². The van der Waals surface area contributed by atoms with Gasteiger partial charge in [-0.1, -0.05) is 5.16 Å². The molecule has 15 heavy (non-hydrogen) atoms. The third kappa shape index (κ3) is 2.93. The summed E-state index contributed by atoms with van der Waals surface area (Å²) in [5.41, 5.74) is 5.23. The van der Waals surface area contributed by atoms with Gasteiger partial charge >= 0.3 is 5.97 Å². The minimum Gasteiger partial charge on any atom is -0.385 e. The zero-order valence-electron chi connectivity index (χ0n) is 8.90. The first kappa shape index (κ1) is 11.5. The fourth-order valence-electron chi connectivity index (χ4n) is 1.57. The highest BCUT2D eigenvalue weighted by atomic mass is 16.7. The Hall–Kier alpha value is -1.59. The lowest BCUT2D eigenvalue weighted by molar-refractivity contribution is -0.152. The predicted octanol–water partition coefficient (Wildman–Crippen LogP) is -0.167. The van der Waals surface area contributed by atoms with E-state index in [0.29, 0.717) is 13.0 Å². The first-order chi connectivity index (χ1) is 7.02. The Balaban J connectivity index is 2.59. The van der Waals surface area contributed by atoms with Crippen LogP contribution in [0.15, 0.2) is 5.16 Å². The van der Waals surface area contributed by atoms with Gasteiger partial charge in [-0.3, -0.25) is 4.79 Å². The number of hydrogen-bond acceptors (Lipinski definition) is 4. The number of oxime groups is 1. The molecule has 6 heteroatoms. The number of nitrogens with two attached hydrogens (primary N) is 1. The van der Waals surface area contributed by atoms with Crippen molar-refractivity contribution in [3.63, 3.8) is 0 Å². The highest BCUT2D eigenvalue weighted by molar-refractivity contribution is 5.84. The van der Waals surface area contributed by atoms with Crippen molar-refractivity contribution >= 4 is 17.7 Å². The zero-order chi connectivity index (χ0) is 11.4. The second kappa shape index (κ2) is 4.77. The Bertz CT molecular complexity index is 297. The molecule has 1 rings (SSSR count). The van der Waals surface area contributed by atoms with Crippen molar-refractivity contribution in [1.82, 2.24) is 4.90 Å². The molecule has 0 spiro atoms. The normalized spacial score (nSPS) is 21.6. The van der Waals surface area contributed by atoms with Crippen LogP contribution in [0.2, 0.25) is 0 Å². The van der Waals surface area contributed by atoms with Crippen molar-refractivity contribution in [2.75, 3.05) is 6.54 Å². The maximum atomic E-state index is 11.5. The molecule has 0 aliphatic carbocycles. The van der Waals surface area contributed by atoms with Crippen molar-refractivity contribution in [2.24, 2.45) is 10.9 Å². The fraction of sp³-hybridized carbons (Fsp3) is 0.667. The van der Waals surface area contributed by atoms with Gasteiger partial charge in [0.1, 0.15) is 11.9 Å². The fourth-order valence-corrected chi connectivity index (χ4v) is 1.57. The van der Waals surface area contributed by atoms with E-state index in [4.69, 9.17) is 5.73 Å². The molecule has 0 radical (unpaired) electrons. The standard InChI is InChI=1S/C9H15N3O3/c1-6(10)11-15-9(14)8-4-3-5-12(8)7(2)13/h8H,3-5H2,1-2H3,(H2,10,11)/t8-/m0/s1. The van der Waals surface area contributed by atoms with Gasteiger partial charge in [0.05, 0.1) is 0 Å². The van der Waals surface area contributed by atoms with Gasteiger partial charge in [-0.25, -0.2) is 4.79 Å². The Labute approximate surface area is 88.0 Å². The Morgan fingerprint density at radius 3 is 2.67 bits per heavy atom. The van der Waals surface area contributed by atoms with Crippen LogP contribution in [0.25, 0.3) is 0 Å². The molecule has 1 aliphatic rings. The Kier molecular flexibility index (Phi) is 3.65. The van der Waals surface area contributed by atoms with Crippen LogP contribution in [0.3, 0.4) is 0 Å². The van der Waals surface area contributed by atoms with Crippen LogP contribution in [0.4, 0.5) is 0 Å². The number of carbonyl (C=O) groups excluding carboxylic acids is 2. The molecule has 0 bridgehead atoms. The van der Waals surface area contributed by atoms with Crippen LogP contribution >= 0.6 is 0 Å². The van der Waals surface area contributed by atoms with Crippen LogP contribution in [-0.2, 0) is 14.4 Å². The van der Waals surface area contributed by atoms with Crippen molar-refractivity contribution < 1.29 is 14.4 Å². The van der Waals surface area contributed by atoms with Gasteiger partial charge in [0.2, 0.25) is 5.91 Å². The topological polar surface area (TPSA) is 85.0 Å². The molecular weight excluding hydrogens is 198 g/mol. The highest BCUT2D eigenvalue weighted by Crippen LogP contribution is 2.18. The van der Waals surface area contributed by atoms with Gasteiger partial charge in [-0.15, -0.1) is 0 Å².